The van der Waals surface area contributed by atoms with E-state index in [1.165, 1.54) is 16.7 Å². The monoisotopic (exact) mass is 1200 g/mol. The van der Waals surface area contributed by atoms with E-state index in [4.69, 9.17) is 22.4 Å². The minimum Gasteiger partial charge on any atom is -0.458 e. The van der Waals surface area contributed by atoms with Crippen LogP contribution in [0.1, 0.15) is 98.4 Å². The number of benzene rings is 11. The second kappa shape index (κ2) is 21.0. The van der Waals surface area contributed by atoms with E-state index in [2.05, 4.69) is 228 Å². The van der Waals surface area contributed by atoms with Gasteiger partial charge in [0.25, 0.3) is 6.33 Å². The summed E-state index contributed by atoms with van der Waals surface area (Å²) in [5.74, 6) is 2.01. The molecule has 0 aliphatic carbocycles. The fourth-order valence-electron chi connectivity index (χ4n) is 13.8. The van der Waals surface area contributed by atoms with Crippen LogP contribution >= 0.6 is 0 Å². The Morgan fingerprint density at radius 2 is 1.03 bits per heavy atom. The summed E-state index contributed by atoms with van der Waals surface area (Å²) in [6.45, 7) is 14.7. The lowest BCUT2D eigenvalue weighted by molar-refractivity contribution is -0.570. The maximum atomic E-state index is 9.16. The van der Waals surface area contributed by atoms with Gasteiger partial charge in [-0.25, -0.2) is 4.98 Å². The highest BCUT2D eigenvalue weighted by Gasteiger charge is 2.30. The molecule has 448 valence electrons. The summed E-state index contributed by atoms with van der Waals surface area (Å²) in [4.78, 5) is 4.95. The third-order valence-electron chi connectivity index (χ3n) is 18.7. The number of fused-ring (bicyclic) bond motifs is 13. The van der Waals surface area contributed by atoms with Crippen molar-refractivity contribution in [3.05, 3.63) is 271 Å². The molecule has 0 radical (unpaired) electrons. The second-order valence-corrected chi connectivity index (χ2v) is 27.8. The van der Waals surface area contributed by atoms with Crippen LogP contribution in [0.5, 0.6) is 11.5 Å². The molecule has 0 spiro atoms. The molecule has 92 heavy (non-hydrogen) atoms. The van der Waals surface area contributed by atoms with Crippen molar-refractivity contribution >= 4 is 54.8 Å². The number of imidazole rings is 1. The minimum absolute atomic E-state index is 0.0718. The number of aryl methyl sites for hydroxylation is 2. The van der Waals surface area contributed by atoms with Gasteiger partial charge in [0.05, 0.1) is 33.4 Å². The summed E-state index contributed by atoms with van der Waals surface area (Å²) < 4.78 is 74.7. The summed E-state index contributed by atoms with van der Waals surface area (Å²) in [6.07, 6.45) is 5.84. The van der Waals surface area contributed by atoms with Crippen molar-refractivity contribution in [2.24, 2.45) is 0 Å². The summed E-state index contributed by atoms with van der Waals surface area (Å²) >= 11 is 0. The van der Waals surface area contributed by atoms with Crippen molar-refractivity contribution in [2.75, 3.05) is 0 Å². The van der Waals surface area contributed by atoms with E-state index in [9.17, 15) is 0 Å². The molecule has 0 N–H and O–H groups in total. The average Bonchev–Trinajstić information content (AvgIpc) is 1.54. The van der Waals surface area contributed by atoms with Gasteiger partial charge in [-0.05, 0) is 203 Å². The molecule has 5 heterocycles. The van der Waals surface area contributed by atoms with E-state index >= 15 is 0 Å². The highest BCUT2D eigenvalue weighted by molar-refractivity contribution is 6.10. The van der Waals surface area contributed by atoms with Crippen molar-refractivity contribution in [1.82, 2.24) is 14.1 Å². The van der Waals surface area contributed by atoms with Crippen LogP contribution in [0, 0.1) is 20.0 Å². The zero-order chi connectivity index (χ0) is 68.1. The van der Waals surface area contributed by atoms with Crippen LogP contribution in [-0.2, 0) is 16.2 Å². The molecule has 16 rings (SSSR count). The Labute approximate surface area is 546 Å². The fraction of sp³-hybridized carbons (Fsp3) is 0.163. The van der Waals surface area contributed by atoms with Gasteiger partial charge in [0.1, 0.15) is 28.5 Å². The summed E-state index contributed by atoms with van der Waals surface area (Å²) in [7, 11) is 0. The quantitative estimate of drug-likeness (QED) is 0.118. The number of hydrogen-bond acceptors (Lipinski definition) is 3. The van der Waals surface area contributed by atoms with Gasteiger partial charge in [0, 0.05) is 42.0 Å². The smallest absolute Gasteiger partial charge is 0.269 e. The van der Waals surface area contributed by atoms with Crippen molar-refractivity contribution in [1.29, 1.82) is 0 Å². The van der Waals surface area contributed by atoms with E-state index in [1.807, 2.05) is 72.9 Å². The first kappa shape index (κ1) is 50.2. The topological polar surface area (TPSA) is 49.0 Å². The van der Waals surface area contributed by atoms with Crippen LogP contribution in [0.3, 0.4) is 0 Å². The highest BCUT2D eigenvalue weighted by Crippen LogP contribution is 2.49. The Morgan fingerprint density at radius 3 is 1.80 bits per heavy atom. The Morgan fingerprint density at radius 1 is 0.424 bits per heavy atom. The maximum absolute atomic E-state index is 9.16. The highest BCUT2D eigenvalue weighted by atomic mass is 16.5. The molecule has 0 saturated heterocycles. The lowest BCUT2D eigenvalue weighted by Crippen LogP contribution is -2.32. The molecule has 0 saturated carbocycles. The predicted molar refractivity (Wildman–Crippen MR) is 381 cm³/mol. The number of para-hydroxylation sites is 3. The normalized spacial score (nSPS) is 13.8. The van der Waals surface area contributed by atoms with Gasteiger partial charge in [-0.15, -0.1) is 0 Å². The summed E-state index contributed by atoms with van der Waals surface area (Å²) in [6, 6.07) is 78.5. The van der Waals surface area contributed by atoms with Gasteiger partial charge in [0.15, 0.2) is 0 Å². The first-order valence-corrected chi connectivity index (χ1v) is 31.7. The molecule has 4 aromatic heterocycles. The molecule has 0 atom stereocenters. The van der Waals surface area contributed by atoms with Crippen LogP contribution in [0.4, 0.5) is 0 Å². The summed E-state index contributed by atoms with van der Waals surface area (Å²) in [5.41, 5.74) is 19.2. The molecular weight excluding hydrogens is 1120 g/mol. The van der Waals surface area contributed by atoms with Crippen molar-refractivity contribution in [3.8, 4) is 95.5 Å². The van der Waals surface area contributed by atoms with E-state index < -0.39 is 13.7 Å². The first-order chi connectivity index (χ1) is 46.7. The lowest BCUT2D eigenvalue weighted by atomic mass is 9.78. The van der Waals surface area contributed by atoms with Gasteiger partial charge in [0.2, 0.25) is 0 Å². The van der Waals surface area contributed by atoms with E-state index in [1.54, 1.807) is 18.2 Å². The van der Waals surface area contributed by atoms with Gasteiger partial charge >= 0.3 is 0 Å². The van der Waals surface area contributed by atoms with Crippen LogP contribution in [-0.4, -0.2) is 14.1 Å². The van der Waals surface area contributed by atoms with Gasteiger partial charge in [-0.2, -0.15) is 0 Å². The lowest BCUT2D eigenvalue weighted by Gasteiger charge is -2.26. The first-order valence-electron chi connectivity index (χ1n) is 34.7. The molecule has 0 unspecified atom stereocenters. The Balaban J connectivity index is 0.988. The molecule has 1 aliphatic rings. The van der Waals surface area contributed by atoms with Gasteiger partial charge in [-0.1, -0.05) is 208 Å². The summed E-state index contributed by atoms with van der Waals surface area (Å²) in [5, 5.41) is 4.16. The third-order valence-corrected chi connectivity index (χ3v) is 18.7. The molecule has 1 aliphatic heterocycles. The number of hydrogen-bond donors (Lipinski definition) is 0. The molecule has 6 nitrogen and oxygen atoms in total. The largest absolute Gasteiger partial charge is 0.458 e. The zero-order valence-corrected chi connectivity index (χ0v) is 53.1. The molecule has 11 aromatic carbocycles. The number of furan rings is 1. The van der Waals surface area contributed by atoms with E-state index in [-0.39, 0.29) is 32.9 Å². The van der Waals surface area contributed by atoms with Crippen molar-refractivity contribution < 1.29 is 21.9 Å². The Kier molecular flexibility index (Phi) is 11.5. The van der Waals surface area contributed by atoms with Crippen LogP contribution in [0.2, 0.25) is 0 Å². The third kappa shape index (κ3) is 9.45. The van der Waals surface area contributed by atoms with Crippen molar-refractivity contribution in [3.63, 3.8) is 0 Å². The SMILES string of the molecule is [2H]C([2H])([2H])c1cccc(C([2H])([2H])[2H])c1-c1cccc2c1-[n+]1[c-]n(-c3cccc(Oc4ccc5c6ccccc6n(-c6cc(C(C)(C)C)ccn6)c5c4)c3)c3cc(-c4ccc5oc6ccccc6c5c4)cc(c31)-c1ccccc1-c1ccc(-c3cc(C(C)(C)C)cc(C(C)(C)C)c3)cc1-2. The van der Waals surface area contributed by atoms with Crippen LogP contribution in [0.25, 0.3) is 139 Å². The van der Waals surface area contributed by atoms with Crippen molar-refractivity contribution in [2.45, 2.75) is 92.3 Å². The van der Waals surface area contributed by atoms with Gasteiger partial charge < -0.3 is 9.15 Å². The molecule has 0 fully saturated rings. The van der Waals surface area contributed by atoms with E-state index in [0.29, 0.717) is 22.7 Å². The van der Waals surface area contributed by atoms with Crippen LogP contribution < -0.4 is 9.30 Å². The molecular formula is C86H72N4O2. The second-order valence-electron chi connectivity index (χ2n) is 27.8. The number of rotatable bonds is 7. The maximum Gasteiger partial charge on any atom is 0.269 e. The predicted octanol–water partition coefficient (Wildman–Crippen LogP) is 22.7. The number of pyridine rings is 1. The number of ether oxygens (including phenoxy) is 1. The molecule has 15 aromatic rings. The minimum atomic E-state index is -2.72. The number of aromatic nitrogens is 4. The standard InChI is InChI=1S/C86H72N4O2/c1-52-21-18-22-53(2)81(52)71-30-20-29-70-72-43-54(56-41-59(85(6,7)8)47-60(42-56)86(9,10)11)33-36-66(72)64-25-12-13-26-65(64)74-45-57(55-34-38-79-73(44-55)69-28-15-17-32-78(69)92-79)46-77-83(74)89(82(70)71)51-88(77)61-23-19-24-62(49-61)91-63-35-37-68-67-27-14-16-31-75(67)90(76(68)50-63)80-48-58(39-40-87-80)84(3,4)5/h12-50H,1-11H3/i1D3,2D3. The van der Waals surface area contributed by atoms with Crippen LogP contribution in [0.15, 0.2) is 241 Å². The number of nitrogens with zero attached hydrogens (tertiary/aromatic N) is 4. The Bertz CT molecular complexity index is 5720. The Hall–Kier alpha value is -10.6. The molecule has 6 heteroatoms. The van der Waals surface area contributed by atoms with Gasteiger partial charge in [-0.3, -0.25) is 13.7 Å². The molecule has 0 bridgehead atoms. The average molecular weight is 1200 g/mol. The zero-order valence-electron chi connectivity index (χ0n) is 59.1. The van der Waals surface area contributed by atoms with E-state index in [0.717, 1.165) is 122 Å². The molecule has 0 amide bonds. The fourth-order valence-corrected chi connectivity index (χ4v) is 13.8.